The third-order valence-electron chi connectivity index (χ3n) is 5.84. The van der Waals surface area contributed by atoms with Crippen molar-refractivity contribution in [2.24, 2.45) is 5.10 Å². The summed E-state index contributed by atoms with van der Waals surface area (Å²) in [5, 5.41) is 4.51. The number of nitrogens with one attached hydrogen (secondary N) is 1. The molecule has 1 saturated heterocycles. The number of sulfonamides is 1. The number of carbonyl (C=O) groups excluding carboxylic acids is 1. The molecule has 1 amide bonds. The van der Waals surface area contributed by atoms with Crippen LogP contribution >= 0.6 is 23.2 Å². The van der Waals surface area contributed by atoms with Gasteiger partial charge in [0.1, 0.15) is 6.54 Å². The number of anilines is 1. The van der Waals surface area contributed by atoms with Crippen molar-refractivity contribution in [1.82, 2.24) is 10.3 Å². The Morgan fingerprint density at radius 1 is 0.917 bits per heavy atom. The molecule has 4 rings (SSSR count). The van der Waals surface area contributed by atoms with Gasteiger partial charge in [-0.05, 0) is 29.8 Å². The molecule has 0 atom stereocenters. The van der Waals surface area contributed by atoms with Crippen molar-refractivity contribution in [3.8, 4) is 0 Å². The number of piperidine rings is 1. The second-order valence-corrected chi connectivity index (χ2v) is 11.0. The number of amides is 1. The summed E-state index contributed by atoms with van der Waals surface area (Å²) in [6.45, 7) is 2.02. The minimum Gasteiger partial charge on any atom is -0.298 e. The minimum atomic E-state index is -4.09. The van der Waals surface area contributed by atoms with E-state index >= 15 is 0 Å². The van der Waals surface area contributed by atoms with E-state index in [-0.39, 0.29) is 20.6 Å². The van der Waals surface area contributed by atoms with Gasteiger partial charge in [-0.2, -0.15) is 5.10 Å². The first kappa shape index (κ1) is 26.2. The number of likely N-dealkylation sites (tertiary alicyclic amines) is 1. The van der Waals surface area contributed by atoms with Gasteiger partial charge in [-0.3, -0.25) is 14.0 Å². The Morgan fingerprint density at radius 3 is 2.22 bits per heavy atom. The first-order valence-corrected chi connectivity index (χ1v) is 13.7. The summed E-state index contributed by atoms with van der Waals surface area (Å²) in [5.74, 6) is -0.579. The third kappa shape index (κ3) is 6.44. The van der Waals surface area contributed by atoms with Gasteiger partial charge in [0.2, 0.25) is 0 Å². The highest BCUT2D eigenvalue weighted by Gasteiger charge is 2.29. The lowest BCUT2D eigenvalue weighted by molar-refractivity contribution is -0.119. The van der Waals surface area contributed by atoms with E-state index in [2.05, 4.69) is 27.6 Å². The molecule has 0 bridgehead atoms. The second-order valence-electron chi connectivity index (χ2n) is 8.37. The van der Waals surface area contributed by atoms with Gasteiger partial charge in [-0.1, -0.05) is 77.8 Å². The number of halogens is 2. The molecule has 1 N–H and O–H groups in total. The molecule has 0 aliphatic carbocycles. The average Bonchev–Trinajstić information content (AvgIpc) is 2.90. The number of hydrazone groups is 1. The molecule has 1 heterocycles. The zero-order valence-electron chi connectivity index (χ0n) is 19.5. The van der Waals surface area contributed by atoms with E-state index in [0.29, 0.717) is 0 Å². The predicted molar refractivity (Wildman–Crippen MR) is 144 cm³/mol. The molecular weight excluding hydrogens is 519 g/mol. The Balaban J connectivity index is 1.44. The number of hydrogen-bond donors (Lipinski definition) is 1. The molecule has 0 spiro atoms. The van der Waals surface area contributed by atoms with Crippen molar-refractivity contribution in [2.45, 2.75) is 24.3 Å². The molecule has 1 aliphatic rings. The van der Waals surface area contributed by atoms with Gasteiger partial charge in [0, 0.05) is 38.2 Å². The molecule has 3 aromatic rings. The summed E-state index contributed by atoms with van der Waals surface area (Å²) in [7, 11) is -4.09. The molecular formula is C26H26Cl2N4O3S. The van der Waals surface area contributed by atoms with E-state index in [4.69, 9.17) is 23.2 Å². The molecule has 7 nitrogen and oxygen atoms in total. The Labute approximate surface area is 221 Å². The molecule has 1 aliphatic heterocycles. The van der Waals surface area contributed by atoms with Crippen LogP contribution in [0.2, 0.25) is 10.0 Å². The van der Waals surface area contributed by atoms with Crippen molar-refractivity contribution >= 4 is 50.5 Å². The smallest absolute Gasteiger partial charge is 0.264 e. The molecule has 10 heteroatoms. The van der Waals surface area contributed by atoms with Crippen LogP contribution in [0.3, 0.4) is 0 Å². The monoisotopic (exact) mass is 544 g/mol. The molecule has 0 unspecified atom stereocenters. The van der Waals surface area contributed by atoms with Gasteiger partial charge < -0.3 is 0 Å². The van der Waals surface area contributed by atoms with Gasteiger partial charge in [0.25, 0.3) is 15.9 Å². The van der Waals surface area contributed by atoms with E-state index in [0.717, 1.165) is 42.5 Å². The lowest BCUT2D eigenvalue weighted by Crippen LogP contribution is -2.40. The maximum absolute atomic E-state index is 13.4. The first-order valence-electron chi connectivity index (χ1n) is 11.5. The highest BCUT2D eigenvalue weighted by molar-refractivity contribution is 7.92. The van der Waals surface area contributed by atoms with Crippen LogP contribution in [-0.2, 0) is 21.4 Å². The van der Waals surface area contributed by atoms with E-state index in [1.165, 1.54) is 23.8 Å². The number of rotatable bonds is 8. The van der Waals surface area contributed by atoms with Crippen LogP contribution in [0.4, 0.5) is 5.69 Å². The standard InChI is InChI=1S/C26H26Cl2N4O3S/c27-23-12-7-13-24(26(23)28)32(36(34,35)22-10-5-2-6-11-22)19-25(33)30-29-21-14-16-31(17-15-21)18-20-8-3-1-4-9-20/h1-13H,14-19H2,(H,30,33). The molecule has 36 heavy (non-hydrogen) atoms. The summed E-state index contributed by atoms with van der Waals surface area (Å²) < 4.78 is 27.8. The SMILES string of the molecule is O=C(CN(c1cccc(Cl)c1Cl)S(=O)(=O)c1ccccc1)NN=C1CCN(Cc2ccccc2)CC1. The van der Waals surface area contributed by atoms with E-state index < -0.39 is 22.5 Å². The molecule has 3 aromatic carbocycles. The average molecular weight is 545 g/mol. The summed E-state index contributed by atoms with van der Waals surface area (Å²) in [4.78, 5) is 15.2. The summed E-state index contributed by atoms with van der Waals surface area (Å²) >= 11 is 12.5. The first-order chi connectivity index (χ1) is 17.3. The van der Waals surface area contributed by atoms with Gasteiger partial charge >= 0.3 is 0 Å². The van der Waals surface area contributed by atoms with Gasteiger partial charge in [-0.25, -0.2) is 13.8 Å². The van der Waals surface area contributed by atoms with Gasteiger partial charge in [-0.15, -0.1) is 0 Å². The van der Waals surface area contributed by atoms with Crippen molar-refractivity contribution < 1.29 is 13.2 Å². The zero-order chi connectivity index (χ0) is 25.5. The molecule has 0 aromatic heterocycles. The van der Waals surface area contributed by atoms with E-state index in [1.54, 1.807) is 30.3 Å². The molecule has 1 fully saturated rings. The van der Waals surface area contributed by atoms with Crippen LogP contribution in [-0.4, -0.2) is 44.6 Å². The fourth-order valence-corrected chi connectivity index (χ4v) is 5.84. The Morgan fingerprint density at radius 2 is 1.56 bits per heavy atom. The number of hydrogen-bond acceptors (Lipinski definition) is 5. The normalized spacial score (nSPS) is 14.3. The Hall–Kier alpha value is -2.91. The van der Waals surface area contributed by atoms with Crippen LogP contribution < -0.4 is 9.73 Å². The predicted octanol–water partition coefficient (Wildman–Crippen LogP) is 4.96. The maximum Gasteiger partial charge on any atom is 0.264 e. The van der Waals surface area contributed by atoms with Crippen LogP contribution in [0.1, 0.15) is 18.4 Å². The highest BCUT2D eigenvalue weighted by atomic mass is 35.5. The Bertz CT molecular complexity index is 1330. The lowest BCUT2D eigenvalue weighted by atomic mass is 10.1. The summed E-state index contributed by atoms with van der Waals surface area (Å²) in [6.07, 6.45) is 1.44. The maximum atomic E-state index is 13.4. The van der Waals surface area contributed by atoms with E-state index in [1.807, 2.05) is 18.2 Å². The zero-order valence-corrected chi connectivity index (χ0v) is 21.8. The van der Waals surface area contributed by atoms with Gasteiger partial charge in [0.15, 0.2) is 0 Å². The third-order valence-corrected chi connectivity index (χ3v) is 8.42. The van der Waals surface area contributed by atoms with Crippen LogP contribution in [0, 0.1) is 0 Å². The topological polar surface area (TPSA) is 82.1 Å². The fraction of sp³-hybridized carbons (Fsp3) is 0.231. The summed E-state index contributed by atoms with van der Waals surface area (Å²) in [6, 6.07) is 22.8. The lowest BCUT2D eigenvalue weighted by Gasteiger charge is -2.27. The quantitative estimate of drug-likeness (QED) is 0.406. The van der Waals surface area contributed by atoms with Crippen LogP contribution in [0.15, 0.2) is 88.9 Å². The Kier molecular flexibility index (Phi) is 8.64. The van der Waals surface area contributed by atoms with Crippen molar-refractivity contribution in [3.05, 3.63) is 94.5 Å². The second kappa shape index (κ2) is 11.9. The number of benzene rings is 3. The molecule has 188 valence electrons. The molecule has 0 saturated carbocycles. The highest BCUT2D eigenvalue weighted by Crippen LogP contribution is 2.35. The van der Waals surface area contributed by atoms with Crippen LogP contribution in [0.5, 0.6) is 0 Å². The van der Waals surface area contributed by atoms with Crippen molar-refractivity contribution in [3.63, 3.8) is 0 Å². The summed E-state index contributed by atoms with van der Waals surface area (Å²) in [5.41, 5.74) is 4.76. The van der Waals surface area contributed by atoms with Crippen molar-refractivity contribution in [2.75, 3.05) is 23.9 Å². The number of carbonyl (C=O) groups is 1. The minimum absolute atomic E-state index is 0.0333. The van der Waals surface area contributed by atoms with Crippen molar-refractivity contribution in [1.29, 1.82) is 0 Å². The van der Waals surface area contributed by atoms with Crippen LogP contribution in [0.25, 0.3) is 0 Å². The molecule has 0 radical (unpaired) electrons. The number of nitrogens with zero attached hydrogens (tertiary/aromatic N) is 3. The van der Waals surface area contributed by atoms with Gasteiger partial charge in [0.05, 0.1) is 20.6 Å². The fourth-order valence-electron chi connectivity index (χ4n) is 3.93. The van der Waals surface area contributed by atoms with E-state index in [9.17, 15) is 13.2 Å². The largest absolute Gasteiger partial charge is 0.298 e.